The number of carboxylic acid groups (broad SMARTS) is 1. The molecule has 0 atom stereocenters. The average Bonchev–Trinajstić information content (AvgIpc) is 3.40. The van der Waals surface area contributed by atoms with E-state index in [9.17, 15) is 62.9 Å². The molecule has 8 N–H and O–H groups in total. The molecule has 19 nitrogen and oxygen atoms in total. The van der Waals surface area contributed by atoms with E-state index < -0.39 is 67.4 Å². The van der Waals surface area contributed by atoms with Crippen LogP contribution in [0.3, 0.4) is 0 Å². The van der Waals surface area contributed by atoms with Crippen LogP contribution in [0.25, 0.3) is 55.0 Å². The van der Waals surface area contributed by atoms with Crippen LogP contribution >= 0.6 is 0 Å². The first-order valence-electron chi connectivity index (χ1n) is 24.4. The van der Waals surface area contributed by atoms with Gasteiger partial charge in [0.25, 0.3) is 40.3 Å². The fourth-order valence-corrected chi connectivity index (χ4v) is 14.0. The topological polar surface area (TPSA) is 316 Å². The van der Waals surface area contributed by atoms with E-state index in [1.54, 1.807) is 70.2 Å². The van der Waals surface area contributed by atoms with Gasteiger partial charge in [0, 0.05) is 51.0 Å². The van der Waals surface area contributed by atoms with Crippen molar-refractivity contribution in [2.24, 2.45) is 4.99 Å². The lowest BCUT2D eigenvalue weighted by Crippen LogP contribution is -2.17. The van der Waals surface area contributed by atoms with E-state index in [1.807, 2.05) is 6.92 Å². The molecule has 1 aliphatic carbocycles. The molecule has 81 heavy (non-hydrogen) atoms. The molecule has 0 fully saturated rings. The summed E-state index contributed by atoms with van der Waals surface area (Å²) in [6.45, 7) is 10.1. The monoisotopic (exact) mass is 1170 g/mol. The minimum Gasteiger partial charge on any atom is -0.508 e. The second-order valence-electron chi connectivity index (χ2n) is 19.5. The number of carboxylic acids is 1. The molecule has 0 saturated heterocycles. The molecule has 0 amide bonds. The number of aromatic hydroxyl groups is 2. The van der Waals surface area contributed by atoms with Crippen LogP contribution in [-0.2, 0) is 40.3 Å². The number of hydrogen-bond acceptors (Lipinski definition) is 14. The Kier molecular flexibility index (Phi) is 13.7. The molecule has 0 spiro atoms. The zero-order chi connectivity index (χ0) is 58.4. The van der Waals surface area contributed by atoms with Crippen molar-refractivity contribution in [1.29, 1.82) is 0 Å². The van der Waals surface area contributed by atoms with Crippen molar-refractivity contribution >= 4 is 107 Å². The summed E-state index contributed by atoms with van der Waals surface area (Å²) in [7, 11) is -18.7. The number of aromatic carboxylic acids is 1. The Morgan fingerprint density at radius 3 is 1.77 bits per heavy atom. The first-order valence-corrected chi connectivity index (χ1v) is 30.2. The van der Waals surface area contributed by atoms with Crippen molar-refractivity contribution in [2.45, 2.75) is 61.1 Å². The van der Waals surface area contributed by atoms with Crippen LogP contribution in [-0.4, -0.2) is 64.1 Å². The van der Waals surface area contributed by atoms with E-state index >= 15 is 0 Å². The third-order valence-corrected chi connectivity index (χ3v) is 18.5. The lowest BCUT2D eigenvalue weighted by molar-refractivity contribution is 0.0695. The van der Waals surface area contributed by atoms with Crippen LogP contribution in [0.2, 0.25) is 0 Å². The van der Waals surface area contributed by atoms with E-state index in [0.717, 1.165) is 23.8 Å². The molecule has 0 saturated carbocycles. The molecule has 23 heteroatoms. The minimum absolute atomic E-state index is 0.0106. The molecule has 0 bridgehead atoms. The molecule has 0 radical (unpaired) electrons. The number of phenolic OH excluding ortho intramolecular Hbond substituents is 1. The summed E-state index contributed by atoms with van der Waals surface area (Å²) in [5.74, 6) is -1.97. The zero-order valence-electron chi connectivity index (χ0n) is 43.6. The SMILES string of the molecule is Cc1cc(C)c(NS(=O)(=O)c2ccc3c(C(=O)O)c(O)ccc3c2)c(C)c1N=c1cc2oc3cc(Nc4c(C)cc(C)c(NS(=O)(=O)c5ccc6cc(O)ccc6c5)c4C)ccc3c(-c3ccccc3S(=O)(=O)O)c-2cc1S(=O)(=O)O. The fourth-order valence-electron chi connectivity index (χ4n) is 10.2. The molecule has 2 aliphatic rings. The number of sulfonamides is 2. The normalized spacial score (nSPS) is 12.6. The van der Waals surface area contributed by atoms with Crippen molar-refractivity contribution in [3.05, 3.63) is 178 Å². The van der Waals surface area contributed by atoms with E-state index in [0.29, 0.717) is 50.1 Å². The number of benzene rings is 9. The molecule has 1 aliphatic heterocycles. The Balaban J connectivity index is 1.11. The molecule has 8 aromatic carbocycles. The summed E-state index contributed by atoms with van der Waals surface area (Å²) < 4.78 is 142. The number of anilines is 4. The van der Waals surface area contributed by atoms with Crippen LogP contribution in [0, 0.1) is 41.5 Å². The number of phenols is 2. The maximum atomic E-state index is 14.1. The van der Waals surface area contributed by atoms with Gasteiger partial charge in [0.2, 0.25) is 0 Å². The van der Waals surface area contributed by atoms with Crippen LogP contribution in [0.1, 0.15) is 43.7 Å². The molecule has 0 unspecified atom stereocenters. The van der Waals surface area contributed by atoms with Gasteiger partial charge in [-0.15, -0.1) is 0 Å². The standard InChI is InChI=1S/C58H48N4O15S4/c1-29-21-31(3)56(61-78(67,68)40-16-12-35-23-39(63)15-11-36(35)24-40)33(5)54(29)59-38-14-18-43-48(26-38)77-49-28-46(51(81(74,75)76)27-45(49)52(43)44-9-7-8-10-50(44)80(71,72)73)60-55-30(2)22-32(4)57(34(55)6)62-79(69,70)41-17-19-42-37(25-41)13-20-47(64)53(42)58(65)66/h7-28,59,61-64H,1-6H3,(H,65,66)(H,71,72,73)(H,74,75,76). The highest BCUT2D eigenvalue weighted by Crippen LogP contribution is 2.45. The average molecular weight is 1170 g/mol. The first kappa shape index (κ1) is 55.5. The Morgan fingerprint density at radius 2 is 1.10 bits per heavy atom. The van der Waals surface area contributed by atoms with Crippen molar-refractivity contribution in [2.75, 3.05) is 14.8 Å². The number of fused-ring (bicyclic) bond motifs is 4. The zero-order valence-corrected chi connectivity index (χ0v) is 46.9. The summed E-state index contributed by atoms with van der Waals surface area (Å²) in [5, 5.41) is 34.6. The Morgan fingerprint density at radius 1 is 0.531 bits per heavy atom. The Hall–Kier alpha value is -8.84. The third kappa shape index (κ3) is 10.4. The van der Waals surface area contributed by atoms with Crippen LogP contribution < -0.4 is 20.1 Å². The number of nitrogens with one attached hydrogen (secondary N) is 3. The second kappa shape index (κ2) is 20.1. The van der Waals surface area contributed by atoms with Crippen molar-refractivity contribution < 1.29 is 67.3 Å². The van der Waals surface area contributed by atoms with E-state index in [1.165, 1.54) is 79.7 Å². The molecule has 414 valence electrons. The number of aryl methyl sites for hydroxylation is 4. The number of carbonyl (C=O) groups is 1. The lowest BCUT2D eigenvalue weighted by atomic mass is 9.93. The van der Waals surface area contributed by atoms with E-state index in [4.69, 9.17) is 9.41 Å². The highest BCUT2D eigenvalue weighted by atomic mass is 32.2. The summed E-state index contributed by atoms with van der Waals surface area (Å²) >= 11 is 0. The first-order chi connectivity index (χ1) is 38.0. The molecule has 8 aromatic rings. The quantitative estimate of drug-likeness (QED) is 0.0393. The number of rotatable bonds is 13. The second-order valence-corrected chi connectivity index (χ2v) is 25.6. The van der Waals surface area contributed by atoms with E-state index in [2.05, 4.69) is 14.8 Å². The maximum absolute atomic E-state index is 14.1. The summed E-state index contributed by atoms with van der Waals surface area (Å²) in [6.07, 6.45) is 0. The van der Waals surface area contributed by atoms with Gasteiger partial charge in [0.05, 0.1) is 32.2 Å². The van der Waals surface area contributed by atoms with Crippen LogP contribution in [0.5, 0.6) is 11.5 Å². The summed E-state index contributed by atoms with van der Waals surface area (Å²) in [4.78, 5) is 15.1. The summed E-state index contributed by atoms with van der Waals surface area (Å²) in [6, 6.07) is 31.2. The fraction of sp³-hybridized carbons (Fsp3) is 0.103. The molecule has 0 aromatic heterocycles. The van der Waals surface area contributed by atoms with Gasteiger partial charge in [-0.25, -0.2) is 26.6 Å². The maximum Gasteiger partial charge on any atom is 0.340 e. The van der Waals surface area contributed by atoms with Crippen molar-refractivity contribution in [1.82, 2.24) is 0 Å². The molecular formula is C58H48N4O15S4. The van der Waals surface area contributed by atoms with Gasteiger partial charge >= 0.3 is 5.97 Å². The largest absolute Gasteiger partial charge is 0.508 e. The highest BCUT2D eigenvalue weighted by Gasteiger charge is 2.29. The predicted molar refractivity (Wildman–Crippen MR) is 308 cm³/mol. The van der Waals surface area contributed by atoms with Gasteiger partial charge in [-0.05, 0) is 158 Å². The van der Waals surface area contributed by atoms with Gasteiger partial charge in [-0.2, -0.15) is 16.8 Å². The predicted octanol–water partition coefficient (Wildman–Crippen LogP) is 11.5. The molecule has 1 heterocycles. The van der Waals surface area contributed by atoms with Gasteiger partial charge in [-0.1, -0.05) is 54.6 Å². The lowest BCUT2D eigenvalue weighted by Gasteiger charge is -2.21. The molecular weight excluding hydrogens is 1120 g/mol. The molecule has 10 rings (SSSR count). The van der Waals surface area contributed by atoms with Gasteiger partial charge < -0.3 is 25.1 Å². The minimum atomic E-state index is -5.20. The van der Waals surface area contributed by atoms with E-state index in [-0.39, 0.29) is 82.0 Å². The smallest absolute Gasteiger partial charge is 0.340 e. The Labute approximate surface area is 464 Å². The third-order valence-electron chi connectivity index (χ3n) is 14.0. The van der Waals surface area contributed by atoms with Crippen molar-refractivity contribution in [3.63, 3.8) is 0 Å². The number of hydrogen-bond donors (Lipinski definition) is 8. The van der Waals surface area contributed by atoms with Gasteiger partial charge in [0.1, 0.15) is 38.2 Å². The van der Waals surface area contributed by atoms with Gasteiger partial charge in [0.15, 0.2) is 0 Å². The summed E-state index contributed by atoms with van der Waals surface area (Å²) in [5.41, 5.74) is 3.96. The van der Waals surface area contributed by atoms with Gasteiger partial charge in [-0.3, -0.25) is 18.5 Å². The van der Waals surface area contributed by atoms with Crippen LogP contribution in [0.15, 0.2) is 162 Å². The Bertz CT molecular complexity index is 4910. The highest BCUT2D eigenvalue weighted by molar-refractivity contribution is 7.93. The van der Waals surface area contributed by atoms with Crippen LogP contribution in [0.4, 0.5) is 28.4 Å². The van der Waals surface area contributed by atoms with Crippen molar-refractivity contribution in [3.8, 4) is 33.9 Å². The number of nitrogens with zero attached hydrogens (tertiary/aromatic N) is 1.